The Kier molecular flexibility index (Phi) is 1.66. The van der Waals surface area contributed by atoms with E-state index in [-0.39, 0.29) is 0 Å². The second-order valence-electron chi connectivity index (χ2n) is 3.09. The maximum Gasteiger partial charge on any atom is 0.0248 e. The van der Waals surface area contributed by atoms with Crippen LogP contribution in [-0.2, 0) is 13.1 Å². The fourth-order valence-electron chi connectivity index (χ4n) is 1.57. The van der Waals surface area contributed by atoms with Gasteiger partial charge in [-0.05, 0) is 24.2 Å². The van der Waals surface area contributed by atoms with Gasteiger partial charge >= 0.3 is 0 Å². The highest BCUT2D eigenvalue weighted by atomic mass is 32.1. The number of thiol groups is 1. The highest BCUT2D eigenvalue weighted by molar-refractivity contribution is 7.80. The van der Waals surface area contributed by atoms with Gasteiger partial charge in [0.15, 0.2) is 0 Å². The molecule has 0 bridgehead atoms. The van der Waals surface area contributed by atoms with E-state index in [4.69, 9.17) is 0 Å². The molecule has 0 atom stereocenters. The van der Waals surface area contributed by atoms with Gasteiger partial charge in [0.05, 0.1) is 0 Å². The molecule has 0 N–H and O–H groups in total. The van der Waals surface area contributed by atoms with E-state index in [1.54, 1.807) is 0 Å². The van der Waals surface area contributed by atoms with Gasteiger partial charge in [-0.3, -0.25) is 4.90 Å². The largest absolute Gasteiger partial charge is 0.298 e. The van der Waals surface area contributed by atoms with Gasteiger partial charge in [-0.15, -0.1) is 12.6 Å². The number of hydrogen-bond donors (Lipinski definition) is 1. The van der Waals surface area contributed by atoms with Crippen LogP contribution in [0.1, 0.15) is 11.1 Å². The van der Waals surface area contributed by atoms with E-state index in [0.717, 1.165) is 18.0 Å². The zero-order valence-electron chi connectivity index (χ0n) is 6.54. The number of rotatable bonds is 0. The molecule has 0 aliphatic carbocycles. The Labute approximate surface area is 72.4 Å². The summed E-state index contributed by atoms with van der Waals surface area (Å²) in [4.78, 5) is 3.43. The Morgan fingerprint density at radius 2 is 2.18 bits per heavy atom. The predicted octanol–water partition coefficient (Wildman–Crippen LogP) is 1.92. The maximum atomic E-state index is 4.40. The quantitative estimate of drug-likeness (QED) is 0.575. The molecule has 1 aliphatic rings. The Bertz CT molecular complexity index is 283. The number of hydrogen-bond acceptors (Lipinski definition) is 2. The Morgan fingerprint density at radius 3 is 2.91 bits per heavy atom. The molecule has 0 radical (unpaired) electrons. The predicted molar refractivity (Wildman–Crippen MR) is 48.9 cm³/mol. The van der Waals surface area contributed by atoms with E-state index in [1.165, 1.54) is 11.1 Å². The van der Waals surface area contributed by atoms with Crippen LogP contribution in [0.3, 0.4) is 0 Å². The van der Waals surface area contributed by atoms with Crippen molar-refractivity contribution < 1.29 is 0 Å². The van der Waals surface area contributed by atoms with Crippen LogP contribution < -0.4 is 0 Å². The second-order valence-corrected chi connectivity index (χ2v) is 3.57. The van der Waals surface area contributed by atoms with Crippen molar-refractivity contribution in [2.24, 2.45) is 0 Å². The number of nitrogens with zero attached hydrogens (tertiary/aromatic N) is 1. The molecule has 1 aromatic carbocycles. The molecule has 0 aromatic heterocycles. The summed E-state index contributed by atoms with van der Waals surface area (Å²) in [6, 6.07) is 6.31. The van der Waals surface area contributed by atoms with Crippen LogP contribution in [0.5, 0.6) is 0 Å². The van der Waals surface area contributed by atoms with Gasteiger partial charge in [0.1, 0.15) is 0 Å². The molecule has 1 aromatic rings. The third-order valence-electron chi connectivity index (χ3n) is 2.12. The average molecular weight is 165 g/mol. The normalized spacial score (nSPS) is 16.9. The lowest BCUT2D eigenvalue weighted by molar-refractivity contribution is 0.352. The third kappa shape index (κ3) is 1.17. The molecule has 58 valence electrons. The van der Waals surface area contributed by atoms with Gasteiger partial charge in [-0.25, -0.2) is 0 Å². The molecule has 1 heterocycles. The fraction of sp³-hybridized carbons (Fsp3) is 0.333. The summed E-state index contributed by atoms with van der Waals surface area (Å²) in [6.45, 7) is 2.12. The van der Waals surface area contributed by atoms with Crippen LogP contribution in [-0.4, -0.2) is 11.9 Å². The average Bonchev–Trinajstić information content (AvgIpc) is 2.31. The van der Waals surface area contributed by atoms with E-state index in [9.17, 15) is 0 Å². The highest BCUT2D eigenvalue weighted by Gasteiger charge is 2.16. The van der Waals surface area contributed by atoms with E-state index in [2.05, 4.69) is 42.8 Å². The van der Waals surface area contributed by atoms with E-state index >= 15 is 0 Å². The molecule has 0 saturated heterocycles. The van der Waals surface area contributed by atoms with Crippen LogP contribution in [0.15, 0.2) is 23.1 Å². The van der Waals surface area contributed by atoms with Crippen molar-refractivity contribution in [3.63, 3.8) is 0 Å². The Morgan fingerprint density at radius 1 is 1.36 bits per heavy atom. The van der Waals surface area contributed by atoms with E-state index in [0.29, 0.717) is 0 Å². The summed E-state index contributed by atoms with van der Waals surface area (Å²) in [5.41, 5.74) is 2.83. The minimum Gasteiger partial charge on any atom is -0.298 e. The van der Waals surface area contributed by atoms with Crippen molar-refractivity contribution in [2.45, 2.75) is 18.0 Å². The van der Waals surface area contributed by atoms with Crippen LogP contribution >= 0.6 is 12.6 Å². The van der Waals surface area contributed by atoms with E-state index < -0.39 is 0 Å². The molecule has 1 aliphatic heterocycles. The highest BCUT2D eigenvalue weighted by Crippen LogP contribution is 2.26. The third-order valence-corrected chi connectivity index (χ3v) is 2.54. The molecule has 0 fully saturated rings. The zero-order chi connectivity index (χ0) is 7.84. The first-order valence-electron chi connectivity index (χ1n) is 3.75. The van der Waals surface area contributed by atoms with Crippen molar-refractivity contribution in [3.05, 3.63) is 29.3 Å². The first-order valence-corrected chi connectivity index (χ1v) is 4.20. The molecule has 0 amide bonds. The molecular formula is C9H11NS. The van der Waals surface area contributed by atoms with Crippen molar-refractivity contribution in [1.82, 2.24) is 4.90 Å². The second kappa shape index (κ2) is 2.54. The monoisotopic (exact) mass is 165 g/mol. The molecule has 2 rings (SSSR count). The van der Waals surface area contributed by atoms with Crippen molar-refractivity contribution in [1.29, 1.82) is 0 Å². The van der Waals surface area contributed by atoms with Gasteiger partial charge in [-0.1, -0.05) is 12.1 Å². The summed E-state index contributed by atoms with van der Waals surface area (Å²) < 4.78 is 0. The zero-order valence-corrected chi connectivity index (χ0v) is 7.44. The molecule has 11 heavy (non-hydrogen) atoms. The van der Waals surface area contributed by atoms with Gasteiger partial charge < -0.3 is 0 Å². The molecule has 0 unspecified atom stereocenters. The van der Waals surface area contributed by atoms with Crippen LogP contribution in [0.25, 0.3) is 0 Å². The lowest BCUT2D eigenvalue weighted by atomic mass is 10.1. The molecule has 2 heteroatoms. The van der Waals surface area contributed by atoms with Crippen molar-refractivity contribution in [2.75, 3.05) is 7.05 Å². The molecule has 0 spiro atoms. The van der Waals surface area contributed by atoms with Crippen LogP contribution in [0.4, 0.5) is 0 Å². The lowest BCUT2D eigenvalue weighted by Gasteiger charge is -2.03. The van der Waals surface area contributed by atoms with E-state index in [1.807, 2.05) is 0 Å². The topological polar surface area (TPSA) is 3.24 Å². The van der Waals surface area contributed by atoms with Gasteiger partial charge in [0.25, 0.3) is 0 Å². The van der Waals surface area contributed by atoms with Crippen LogP contribution in [0, 0.1) is 0 Å². The summed E-state index contributed by atoms with van der Waals surface area (Å²) >= 11 is 4.40. The van der Waals surface area contributed by atoms with Gasteiger partial charge in [-0.2, -0.15) is 0 Å². The molecule has 1 nitrogen and oxygen atoms in total. The number of fused-ring (bicyclic) bond motifs is 1. The summed E-state index contributed by atoms with van der Waals surface area (Å²) in [6.07, 6.45) is 0. The molecular weight excluding hydrogens is 154 g/mol. The lowest BCUT2D eigenvalue weighted by Crippen LogP contribution is -2.07. The SMILES string of the molecule is CN1Cc2cccc(S)c2C1. The van der Waals surface area contributed by atoms with Crippen molar-refractivity contribution >= 4 is 12.6 Å². The van der Waals surface area contributed by atoms with Gasteiger partial charge in [0.2, 0.25) is 0 Å². The maximum absolute atomic E-state index is 4.40. The first kappa shape index (κ1) is 7.19. The summed E-state index contributed by atoms with van der Waals surface area (Å²) in [5, 5.41) is 0. The minimum atomic E-state index is 1.05. The summed E-state index contributed by atoms with van der Waals surface area (Å²) in [7, 11) is 2.13. The Hall–Kier alpha value is -0.470. The Balaban J connectivity index is 2.49. The van der Waals surface area contributed by atoms with Crippen molar-refractivity contribution in [3.8, 4) is 0 Å². The fourth-order valence-corrected chi connectivity index (χ4v) is 1.87. The molecule has 0 saturated carbocycles. The smallest absolute Gasteiger partial charge is 0.0248 e. The summed E-state index contributed by atoms with van der Waals surface area (Å²) in [5.74, 6) is 0. The van der Waals surface area contributed by atoms with Gasteiger partial charge in [0, 0.05) is 18.0 Å². The first-order chi connectivity index (χ1) is 5.27. The number of benzene rings is 1. The standard InChI is InChI=1S/C9H11NS/c1-10-5-7-3-2-4-9(11)8(7)6-10/h2-4,11H,5-6H2,1H3. The minimum absolute atomic E-state index is 1.05. The van der Waals surface area contributed by atoms with Crippen LogP contribution in [0.2, 0.25) is 0 Å².